The SMILES string of the molecule is CCn1c(=O)c2ccccc2n(CC(=O)N2CCN(C)C[C@@H]2C)c1=O. The van der Waals surface area contributed by atoms with Gasteiger partial charge in [-0.15, -0.1) is 0 Å². The molecule has 1 aliphatic heterocycles. The zero-order valence-corrected chi connectivity index (χ0v) is 14.9. The van der Waals surface area contributed by atoms with E-state index >= 15 is 0 Å². The van der Waals surface area contributed by atoms with Crippen LogP contribution in [0.1, 0.15) is 13.8 Å². The van der Waals surface area contributed by atoms with Gasteiger partial charge in [-0.05, 0) is 33.0 Å². The van der Waals surface area contributed by atoms with Gasteiger partial charge < -0.3 is 9.80 Å². The Hall–Kier alpha value is -2.41. The fourth-order valence-electron chi connectivity index (χ4n) is 3.54. The molecule has 1 atom stereocenters. The fraction of sp³-hybridized carbons (Fsp3) is 0.500. The number of nitrogens with zero attached hydrogens (tertiary/aromatic N) is 4. The van der Waals surface area contributed by atoms with Gasteiger partial charge in [0.1, 0.15) is 6.54 Å². The third-order valence-corrected chi connectivity index (χ3v) is 4.89. The molecular formula is C18H24N4O3. The molecule has 0 N–H and O–H groups in total. The van der Waals surface area contributed by atoms with Crippen LogP contribution in [0, 0.1) is 0 Å². The summed E-state index contributed by atoms with van der Waals surface area (Å²) in [5, 5.41) is 0.461. The summed E-state index contributed by atoms with van der Waals surface area (Å²) < 4.78 is 2.61. The Balaban J connectivity index is 2.03. The Morgan fingerprint density at radius 1 is 1.16 bits per heavy atom. The van der Waals surface area contributed by atoms with E-state index in [0.717, 1.165) is 13.1 Å². The van der Waals surface area contributed by atoms with Gasteiger partial charge in [0, 0.05) is 32.2 Å². The number of piperazine rings is 1. The molecule has 1 amide bonds. The fourth-order valence-corrected chi connectivity index (χ4v) is 3.54. The maximum absolute atomic E-state index is 12.8. The molecule has 1 fully saturated rings. The lowest BCUT2D eigenvalue weighted by Gasteiger charge is -2.38. The summed E-state index contributed by atoms with van der Waals surface area (Å²) in [6.07, 6.45) is 0. The van der Waals surface area contributed by atoms with E-state index in [9.17, 15) is 14.4 Å². The molecule has 0 bridgehead atoms. The first-order valence-electron chi connectivity index (χ1n) is 8.64. The van der Waals surface area contributed by atoms with Crippen LogP contribution in [0.2, 0.25) is 0 Å². The van der Waals surface area contributed by atoms with Crippen LogP contribution < -0.4 is 11.2 Å². The maximum atomic E-state index is 12.8. The molecule has 2 aromatic rings. The standard InChI is InChI=1S/C18H24N4O3/c1-4-20-17(24)14-7-5-6-8-15(14)22(18(20)25)12-16(23)21-10-9-19(3)11-13(21)2/h5-8,13H,4,9-12H2,1-3H3/t13-/m0/s1. The van der Waals surface area contributed by atoms with Gasteiger partial charge >= 0.3 is 5.69 Å². The quantitative estimate of drug-likeness (QED) is 0.806. The number of hydrogen-bond acceptors (Lipinski definition) is 4. The van der Waals surface area contributed by atoms with Crippen LogP contribution in [0.25, 0.3) is 10.9 Å². The number of carbonyl (C=O) groups excluding carboxylic acids is 1. The van der Waals surface area contributed by atoms with Gasteiger partial charge in [0.25, 0.3) is 5.56 Å². The minimum absolute atomic E-state index is 0.0479. The third-order valence-electron chi connectivity index (χ3n) is 4.89. The van der Waals surface area contributed by atoms with Crippen LogP contribution in [0.5, 0.6) is 0 Å². The Bertz CT molecular complexity index is 915. The van der Waals surface area contributed by atoms with Crippen molar-refractivity contribution in [3.05, 3.63) is 45.1 Å². The first-order valence-corrected chi connectivity index (χ1v) is 8.64. The second-order valence-electron chi connectivity index (χ2n) is 6.63. The van der Waals surface area contributed by atoms with Crippen molar-refractivity contribution in [3.8, 4) is 0 Å². The second kappa shape index (κ2) is 6.84. The highest BCUT2D eigenvalue weighted by atomic mass is 16.2. The minimum atomic E-state index is -0.429. The van der Waals surface area contributed by atoms with Gasteiger partial charge in [0.15, 0.2) is 0 Å². The van der Waals surface area contributed by atoms with Crippen molar-refractivity contribution in [1.82, 2.24) is 18.9 Å². The zero-order valence-electron chi connectivity index (χ0n) is 14.9. The molecule has 7 nitrogen and oxygen atoms in total. The summed E-state index contributed by atoms with van der Waals surface area (Å²) in [5.74, 6) is -0.0887. The van der Waals surface area contributed by atoms with Crippen LogP contribution >= 0.6 is 0 Å². The topological polar surface area (TPSA) is 67.6 Å². The molecular weight excluding hydrogens is 320 g/mol. The third kappa shape index (κ3) is 3.11. The van der Waals surface area contributed by atoms with Crippen molar-refractivity contribution in [2.75, 3.05) is 26.7 Å². The van der Waals surface area contributed by atoms with Crippen LogP contribution in [-0.4, -0.2) is 57.6 Å². The van der Waals surface area contributed by atoms with Crippen LogP contribution in [0.15, 0.2) is 33.9 Å². The summed E-state index contributed by atoms with van der Waals surface area (Å²) >= 11 is 0. The molecule has 2 heterocycles. The van der Waals surface area contributed by atoms with Crippen LogP contribution in [0.3, 0.4) is 0 Å². The number of para-hydroxylation sites is 1. The molecule has 1 aromatic heterocycles. The first kappa shape index (κ1) is 17.4. The van der Waals surface area contributed by atoms with Gasteiger partial charge in [-0.1, -0.05) is 12.1 Å². The van der Waals surface area contributed by atoms with Gasteiger partial charge in [0.05, 0.1) is 10.9 Å². The van der Waals surface area contributed by atoms with Crippen molar-refractivity contribution in [3.63, 3.8) is 0 Å². The van der Waals surface area contributed by atoms with E-state index in [4.69, 9.17) is 0 Å². The number of aromatic nitrogens is 2. The molecule has 134 valence electrons. The molecule has 25 heavy (non-hydrogen) atoms. The molecule has 0 aliphatic carbocycles. The monoisotopic (exact) mass is 344 g/mol. The predicted molar refractivity (Wildman–Crippen MR) is 96.8 cm³/mol. The zero-order chi connectivity index (χ0) is 18.1. The number of benzene rings is 1. The van der Waals surface area contributed by atoms with Gasteiger partial charge in [-0.3, -0.25) is 18.7 Å². The highest BCUT2D eigenvalue weighted by molar-refractivity contribution is 5.81. The van der Waals surface area contributed by atoms with E-state index < -0.39 is 5.69 Å². The number of carbonyl (C=O) groups is 1. The molecule has 1 saturated heterocycles. The van der Waals surface area contributed by atoms with Crippen molar-refractivity contribution in [2.24, 2.45) is 0 Å². The Labute approximate surface area is 146 Å². The summed E-state index contributed by atoms with van der Waals surface area (Å²) in [7, 11) is 2.04. The van der Waals surface area contributed by atoms with Crippen LogP contribution in [0.4, 0.5) is 0 Å². The van der Waals surface area contributed by atoms with Crippen molar-refractivity contribution >= 4 is 16.8 Å². The van der Waals surface area contributed by atoms with E-state index in [1.807, 2.05) is 18.9 Å². The van der Waals surface area contributed by atoms with E-state index in [0.29, 0.717) is 17.4 Å². The molecule has 0 unspecified atom stereocenters. The summed E-state index contributed by atoms with van der Waals surface area (Å²) in [6.45, 7) is 6.29. The first-order chi connectivity index (χ1) is 11.9. The van der Waals surface area contributed by atoms with Crippen molar-refractivity contribution < 1.29 is 4.79 Å². The highest BCUT2D eigenvalue weighted by Gasteiger charge is 2.26. The number of rotatable bonds is 3. The molecule has 0 radical (unpaired) electrons. The predicted octanol–water partition coefficient (Wildman–Crippen LogP) is 0.346. The van der Waals surface area contributed by atoms with E-state index in [-0.39, 0.29) is 30.6 Å². The van der Waals surface area contributed by atoms with Gasteiger partial charge in [0.2, 0.25) is 5.91 Å². The normalized spacial score (nSPS) is 18.7. The molecule has 0 saturated carbocycles. The average Bonchev–Trinajstić information content (AvgIpc) is 2.59. The Kier molecular flexibility index (Phi) is 4.76. The second-order valence-corrected chi connectivity index (χ2v) is 6.63. The number of hydrogen-bond donors (Lipinski definition) is 0. The molecule has 1 aliphatic rings. The van der Waals surface area contributed by atoms with Crippen molar-refractivity contribution in [1.29, 1.82) is 0 Å². The molecule has 7 heteroatoms. The summed E-state index contributed by atoms with van der Waals surface area (Å²) in [5.41, 5.74) is -0.224. The summed E-state index contributed by atoms with van der Waals surface area (Å²) in [6, 6.07) is 7.06. The Morgan fingerprint density at radius 2 is 1.88 bits per heavy atom. The minimum Gasteiger partial charge on any atom is -0.336 e. The largest absolute Gasteiger partial charge is 0.336 e. The maximum Gasteiger partial charge on any atom is 0.331 e. The molecule has 1 aromatic carbocycles. The molecule has 3 rings (SSSR count). The Morgan fingerprint density at radius 3 is 2.56 bits per heavy atom. The van der Waals surface area contributed by atoms with Gasteiger partial charge in [-0.2, -0.15) is 0 Å². The number of fused-ring (bicyclic) bond motifs is 1. The number of amides is 1. The number of likely N-dealkylation sites (N-methyl/N-ethyl adjacent to an activating group) is 1. The lowest BCUT2D eigenvalue weighted by molar-refractivity contribution is -0.136. The van der Waals surface area contributed by atoms with Crippen LogP contribution in [-0.2, 0) is 17.9 Å². The van der Waals surface area contributed by atoms with E-state index in [1.165, 1.54) is 9.13 Å². The van der Waals surface area contributed by atoms with Gasteiger partial charge in [-0.25, -0.2) is 4.79 Å². The molecule has 0 spiro atoms. The smallest absolute Gasteiger partial charge is 0.331 e. The van der Waals surface area contributed by atoms with E-state index in [1.54, 1.807) is 31.2 Å². The van der Waals surface area contributed by atoms with E-state index in [2.05, 4.69) is 4.90 Å². The summed E-state index contributed by atoms with van der Waals surface area (Å²) in [4.78, 5) is 42.0. The average molecular weight is 344 g/mol. The lowest BCUT2D eigenvalue weighted by Crippen LogP contribution is -2.54. The van der Waals surface area contributed by atoms with Crippen molar-refractivity contribution in [2.45, 2.75) is 33.0 Å². The lowest BCUT2D eigenvalue weighted by atomic mass is 10.2. The highest BCUT2D eigenvalue weighted by Crippen LogP contribution is 2.11.